The molecule has 1 rings (SSSR count). The van der Waals surface area contributed by atoms with Crippen LogP contribution in [0.4, 0.5) is 0 Å². The van der Waals surface area contributed by atoms with Gasteiger partial charge in [0.25, 0.3) is 0 Å². The van der Waals surface area contributed by atoms with Crippen molar-refractivity contribution in [1.82, 2.24) is 0 Å². The molecule has 1 saturated heterocycles. The Morgan fingerprint density at radius 1 is 1.62 bits per heavy atom. The molecule has 1 heterocycles. The van der Waals surface area contributed by atoms with Crippen LogP contribution in [0, 0.1) is 0 Å². The molecule has 0 saturated carbocycles. The zero-order chi connectivity index (χ0) is 5.98. The average molecular weight is 114 g/mol. The lowest BCUT2D eigenvalue weighted by Crippen LogP contribution is -1.91. The van der Waals surface area contributed by atoms with E-state index in [1.54, 1.807) is 0 Å². The number of hydrogen-bond donors (Lipinski definition) is 0. The normalized spacial score (nSPS) is 34.6. The Morgan fingerprint density at radius 2 is 2.38 bits per heavy atom. The Kier molecular flexibility index (Phi) is 1.63. The van der Waals surface area contributed by atoms with Crippen LogP contribution in [-0.4, -0.2) is 18.5 Å². The molecule has 2 nitrogen and oxygen atoms in total. The van der Waals surface area contributed by atoms with E-state index in [1.807, 2.05) is 0 Å². The first-order valence-electron chi connectivity index (χ1n) is 2.97. The summed E-state index contributed by atoms with van der Waals surface area (Å²) < 4.78 is 5.08. The van der Waals surface area contributed by atoms with Crippen LogP contribution in [0.15, 0.2) is 0 Å². The molecule has 46 valence electrons. The third kappa shape index (κ3) is 1.07. The summed E-state index contributed by atoms with van der Waals surface area (Å²) in [6, 6.07) is 0. The van der Waals surface area contributed by atoms with E-state index in [0.717, 1.165) is 12.7 Å². The molecule has 2 atom stereocenters. The minimum Gasteiger partial charge on any atom is -0.369 e. The minimum atomic E-state index is 0.262. The van der Waals surface area contributed by atoms with Gasteiger partial charge in [0.05, 0.1) is 12.2 Å². The number of hydrogen-bond acceptors (Lipinski definition) is 2. The molecule has 1 aliphatic rings. The highest BCUT2D eigenvalue weighted by Gasteiger charge is 2.35. The zero-order valence-corrected chi connectivity index (χ0v) is 4.96. The van der Waals surface area contributed by atoms with Crippen molar-refractivity contribution in [2.75, 3.05) is 0 Å². The van der Waals surface area contributed by atoms with Crippen molar-refractivity contribution in [1.29, 1.82) is 0 Å². The van der Waals surface area contributed by atoms with Crippen molar-refractivity contribution in [2.45, 2.75) is 32.0 Å². The maximum absolute atomic E-state index is 9.84. The molecule has 2 heteroatoms. The molecule has 0 amide bonds. The first kappa shape index (κ1) is 5.76. The topological polar surface area (TPSA) is 29.6 Å². The van der Waals surface area contributed by atoms with Gasteiger partial charge in [-0.3, -0.25) is 0 Å². The first-order valence-corrected chi connectivity index (χ1v) is 2.97. The van der Waals surface area contributed by atoms with Crippen molar-refractivity contribution in [2.24, 2.45) is 0 Å². The Bertz CT molecular complexity index is 90.5. The Morgan fingerprint density at radius 3 is 2.75 bits per heavy atom. The maximum Gasteiger partial charge on any atom is 0.122 e. The molecule has 2 unspecified atom stereocenters. The highest BCUT2D eigenvalue weighted by molar-refractivity contribution is 5.51. The smallest absolute Gasteiger partial charge is 0.122 e. The van der Waals surface area contributed by atoms with Crippen molar-refractivity contribution in [3.8, 4) is 0 Å². The van der Waals surface area contributed by atoms with Gasteiger partial charge in [-0.1, -0.05) is 6.92 Å². The van der Waals surface area contributed by atoms with Gasteiger partial charge >= 0.3 is 0 Å². The molecule has 0 aromatic heterocycles. The summed E-state index contributed by atoms with van der Waals surface area (Å²) in [6.45, 7) is 2.06. The second-order valence-electron chi connectivity index (χ2n) is 2.02. The fourth-order valence-corrected chi connectivity index (χ4v) is 0.840. The lowest BCUT2D eigenvalue weighted by Gasteiger charge is -1.77. The van der Waals surface area contributed by atoms with Gasteiger partial charge in [-0.15, -0.1) is 0 Å². The largest absolute Gasteiger partial charge is 0.369 e. The van der Waals surface area contributed by atoms with Crippen molar-refractivity contribution < 1.29 is 9.53 Å². The van der Waals surface area contributed by atoms with Gasteiger partial charge in [0.15, 0.2) is 0 Å². The Balaban J connectivity index is 2.07. The summed E-state index contributed by atoms with van der Waals surface area (Å²) >= 11 is 0. The van der Waals surface area contributed by atoms with E-state index in [-0.39, 0.29) is 6.10 Å². The summed E-state index contributed by atoms with van der Waals surface area (Å²) in [5.41, 5.74) is 0. The molecule has 0 aromatic rings. The second-order valence-corrected chi connectivity index (χ2v) is 2.02. The zero-order valence-electron chi connectivity index (χ0n) is 4.96. The average Bonchev–Trinajstić information content (AvgIpc) is 2.48. The van der Waals surface area contributed by atoms with Crippen LogP contribution in [-0.2, 0) is 9.53 Å². The molecule has 0 spiro atoms. The van der Waals surface area contributed by atoms with Crippen LogP contribution in [0.3, 0.4) is 0 Å². The second kappa shape index (κ2) is 2.27. The SMILES string of the molecule is CCC1OC1CC=O. The number of ether oxygens (including phenoxy) is 1. The van der Waals surface area contributed by atoms with Gasteiger partial charge in [-0.05, 0) is 6.42 Å². The van der Waals surface area contributed by atoms with Gasteiger partial charge in [0.2, 0.25) is 0 Å². The quantitative estimate of drug-likeness (QED) is 0.400. The van der Waals surface area contributed by atoms with Gasteiger partial charge < -0.3 is 9.53 Å². The van der Waals surface area contributed by atoms with Crippen LogP contribution >= 0.6 is 0 Å². The summed E-state index contributed by atoms with van der Waals surface area (Å²) in [7, 11) is 0. The van der Waals surface area contributed by atoms with Crippen molar-refractivity contribution >= 4 is 6.29 Å². The fourth-order valence-electron chi connectivity index (χ4n) is 0.840. The summed E-state index contributed by atoms with van der Waals surface area (Å²) in [6.07, 6.45) is 3.19. The molecule has 0 aromatic carbocycles. The maximum atomic E-state index is 9.84. The number of epoxide rings is 1. The van der Waals surface area contributed by atoms with E-state index in [1.165, 1.54) is 0 Å². The minimum absolute atomic E-state index is 0.262. The Labute approximate surface area is 48.8 Å². The third-order valence-corrected chi connectivity index (χ3v) is 1.42. The van der Waals surface area contributed by atoms with E-state index in [9.17, 15) is 4.79 Å². The number of aldehydes is 1. The molecule has 0 N–H and O–H groups in total. The van der Waals surface area contributed by atoms with Gasteiger partial charge in [-0.25, -0.2) is 0 Å². The lowest BCUT2D eigenvalue weighted by atomic mass is 10.2. The van der Waals surface area contributed by atoms with E-state index in [0.29, 0.717) is 12.5 Å². The van der Waals surface area contributed by atoms with E-state index < -0.39 is 0 Å². The van der Waals surface area contributed by atoms with E-state index in [4.69, 9.17) is 4.74 Å². The predicted molar refractivity (Wildman–Crippen MR) is 29.6 cm³/mol. The molecule has 0 radical (unpaired) electrons. The number of rotatable bonds is 3. The van der Waals surface area contributed by atoms with Crippen LogP contribution in [0.5, 0.6) is 0 Å². The van der Waals surface area contributed by atoms with Crippen LogP contribution in [0.2, 0.25) is 0 Å². The first-order chi connectivity index (χ1) is 3.88. The monoisotopic (exact) mass is 114 g/mol. The summed E-state index contributed by atoms with van der Waals surface area (Å²) in [5.74, 6) is 0. The number of carbonyl (C=O) groups excluding carboxylic acids is 1. The molecular formula is C6H10O2. The van der Waals surface area contributed by atoms with Crippen molar-refractivity contribution in [3.05, 3.63) is 0 Å². The van der Waals surface area contributed by atoms with Gasteiger partial charge in [0, 0.05) is 6.42 Å². The van der Waals surface area contributed by atoms with E-state index >= 15 is 0 Å². The van der Waals surface area contributed by atoms with Crippen molar-refractivity contribution in [3.63, 3.8) is 0 Å². The predicted octanol–water partition coefficient (Wildman–Crippen LogP) is 0.753. The molecule has 8 heavy (non-hydrogen) atoms. The summed E-state index contributed by atoms with van der Waals surface area (Å²) in [4.78, 5) is 9.84. The van der Waals surface area contributed by atoms with Gasteiger partial charge in [0.1, 0.15) is 6.29 Å². The molecular weight excluding hydrogens is 104 g/mol. The lowest BCUT2D eigenvalue weighted by molar-refractivity contribution is -0.108. The number of carbonyl (C=O) groups is 1. The molecule has 1 aliphatic heterocycles. The third-order valence-electron chi connectivity index (χ3n) is 1.42. The van der Waals surface area contributed by atoms with Gasteiger partial charge in [-0.2, -0.15) is 0 Å². The highest BCUT2D eigenvalue weighted by Crippen LogP contribution is 2.26. The standard InChI is InChI=1S/C6H10O2/c1-2-5-6(8-5)3-4-7/h4-6H,2-3H2,1H3. The van der Waals surface area contributed by atoms with E-state index in [2.05, 4.69) is 6.92 Å². The molecule has 0 bridgehead atoms. The van der Waals surface area contributed by atoms with Crippen LogP contribution in [0.25, 0.3) is 0 Å². The van der Waals surface area contributed by atoms with Crippen LogP contribution < -0.4 is 0 Å². The molecule has 0 aliphatic carbocycles. The Hall–Kier alpha value is -0.370. The summed E-state index contributed by atoms with van der Waals surface area (Å²) in [5, 5.41) is 0. The van der Waals surface area contributed by atoms with Crippen LogP contribution in [0.1, 0.15) is 19.8 Å². The molecule has 1 fully saturated rings. The fraction of sp³-hybridized carbons (Fsp3) is 0.833. The highest BCUT2D eigenvalue weighted by atomic mass is 16.6.